The third kappa shape index (κ3) is 3.08. The molecule has 0 aliphatic heterocycles. The van der Waals surface area contributed by atoms with E-state index >= 15 is 0 Å². The molecule has 0 aliphatic rings. The number of carboxylic acid groups (broad SMARTS) is 1. The normalized spacial score (nSPS) is 10.8. The number of carbonyl (C=O) groups is 1. The minimum absolute atomic E-state index is 0.000539. The quantitative estimate of drug-likeness (QED) is 0.917. The largest absolute Gasteiger partial charge is 0.487 e. The molecule has 0 bridgehead atoms. The molecule has 1 heterocycles. The number of benzene rings is 1. The van der Waals surface area contributed by atoms with Crippen LogP contribution in [0.4, 0.5) is 0 Å². The Bertz CT molecular complexity index is 608. The van der Waals surface area contributed by atoms with Gasteiger partial charge in [-0.25, -0.2) is 9.48 Å². The zero-order chi connectivity index (χ0) is 14.7. The molecule has 0 unspecified atom stereocenters. The lowest BCUT2D eigenvalue weighted by molar-refractivity contribution is 0.0687. The van der Waals surface area contributed by atoms with Crippen LogP contribution < -0.4 is 4.74 Å². The summed E-state index contributed by atoms with van der Waals surface area (Å²) in [7, 11) is 0. The van der Waals surface area contributed by atoms with Crippen molar-refractivity contribution in [2.75, 3.05) is 0 Å². The van der Waals surface area contributed by atoms with Crippen molar-refractivity contribution < 1.29 is 14.6 Å². The molecule has 0 amide bonds. The van der Waals surface area contributed by atoms with Gasteiger partial charge in [0.2, 0.25) is 0 Å². The molecule has 0 aliphatic carbocycles. The summed E-state index contributed by atoms with van der Waals surface area (Å²) in [6.07, 6.45) is 0. The number of rotatable bonds is 5. The zero-order valence-electron chi connectivity index (χ0n) is 11.1. The molecule has 0 radical (unpaired) electrons. The van der Waals surface area contributed by atoms with Crippen LogP contribution in [0, 0.1) is 0 Å². The lowest BCUT2D eigenvalue weighted by Gasteiger charge is -2.11. The first-order valence-corrected chi connectivity index (χ1v) is 6.42. The van der Waals surface area contributed by atoms with Gasteiger partial charge in [-0.2, -0.15) is 0 Å². The number of halogens is 1. The molecule has 0 spiro atoms. The van der Waals surface area contributed by atoms with E-state index in [9.17, 15) is 4.79 Å². The molecular weight excluding hydrogens is 282 g/mol. The molecule has 0 saturated carbocycles. The van der Waals surface area contributed by atoms with Gasteiger partial charge < -0.3 is 9.84 Å². The van der Waals surface area contributed by atoms with Gasteiger partial charge in [-0.05, 0) is 38.1 Å². The molecule has 6 nitrogen and oxygen atoms in total. The first-order valence-electron chi connectivity index (χ1n) is 6.04. The van der Waals surface area contributed by atoms with Gasteiger partial charge in [-0.1, -0.05) is 16.8 Å². The van der Waals surface area contributed by atoms with Crippen LogP contribution in [0.5, 0.6) is 5.75 Å². The van der Waals surface area contributed by atoms with E-state index < -0.39 is 5.97 Å². The average molecular weight is 296 g/mol. The molecule has 0 saturated heterocycles. The number of hydrogen-bond donors (Lipinski definition) is 1. The van der Waals surface area contributed by atoms with E-state index in [1.165, 1.54) is 0 Å². The molecular formula is C13H14ClN3O3. The first kappa shape index (κ1) is 14.3. The molecule has 2 rings (SSSR count). The Kier molecular flexibility index (Phi) is 4.24. The van der Waals surface area contributed by atoms with Crippen molar-refractivity contribution in [2.24, 2.45) is 0 Å². The van der Waals surface area contributed by atoms with Crippen LogP contribution in [-0.4, -0.2) is 26.1 Å². The zero-order valence-corrected chi connectivity index (χ0v) is 11.8. The lowest BCUT2D eigenvalue weighted by atomic mass is 10.3. The van der Waals surface area contributed by atoms with Gasteiger partial charge in [0.15, 0.2) is 5.69 Å². The van der Waals surface area contributed by atoms with E-state index in [4.69, 9.17) is 21.4 Å². The SMILES string of the molecule is CC(C)n1nnc(C(=O)O)c1COc1ccc(Cl)cc1. The van der Waals surface area contributed by atoms with Crippen LogP contribution in [-0.2, 0) is 6.61 Å². The number of aromatic carboxylic acids is 1. The van der Waals surface area contributed by atoms with Crippen LogP contribution in [0.2, 0.25) is 5.02 Å². The molecule has 1 aromatic heterocycles. The van der Waals surface area contributed by atoms with Crippen LogP contribution in [0.3, 0.4) is 0 Å². The monoisotopic (exact) mass is 295 g/mol. The summed E-state index contributed by atoms with van der Waals surface area (Å²) in [4.78, 5) is 11.1. The Morgan fingerprint density at radius 2 is 2.05 bits per heavy atom. The van der Waals surface area contributed by atoms with E-state index in [2.05, 4.69) is 10.3 Å². The van der Waals surface area contributed by atoms with Crippen molar-refractivity contribution in [3.63, 3.8) is 0 Å². The van der Waals surface area contributed by atoms with Crippen molar-refractivity contribution >= 4 is 17.6 Å². The number of carboxylic acids is 1. The van der Waals surface area contributed by atoms with Crippen LogP contribution >= 0.6 is 11.6 Å². The summed E-state index contributed by atoms with van der Waals surface area (Å²) in [6.45, 7) is 3.87. The fourth-order valence-electron chi connectivity index (χ4n) is 1.71. The fraction of sp³-hybridized carbons (Fsp3) is 0.308. The Labute approximate surface area is 120 Å². The fourth-order valence-corrected chi connectivity index (χ4v) is 1.84. The maximum absolute atomic E-state index is 11.1. The third-order valence-electron chi connectivity index (χ3n) is 2.67. The Morgan fingerprint density at radius 3 is 2.60 bits per heavy atom. The van der Waals surface area contributed by atoms with E-state index in [-0.39, 0.29) is 18.3 Å². The van der Waals surface area contributed by atoms with E-state index in [1.54, 1.807) is 28.9 Å². The molecule has 1 aromatic carbocycles. The Balaban J connectivity index is 2.21. The van der Waals surface area contributed by atoms with Crippen molar-refractivity contribution in [3.05, 3.63) is 40.7 Å². The van der Waals surface area contributed by atoms with E-state index in [1.807, 2.05) is 13.8 Å². The van der Waals surface area contributed by atoms with E-state index in [0.717, 1.165) is 0 Å². The highest BCUT2D eigenvalue weighted by Gasteiger charge is 2.20. The minimum atomic E-state index is -1.12. The molecule has 1 N–H and O–H groups in total. The smallest absolute Gasteiger partial charge is 0.358 e. The molecule has 106 valence electrons. The maximum atomic E-state index is 11.1. The topological polar surface area (TPSA) is 77.2 Å². The molecule has 20 heavy (non-hydrogen) atoms. The van der Waals surface area contributed by atoms with E-state index in [0.29, 0.717) is 16.5 Å². The van der Waals surface area contributed by atoms with Crippen molar-refractivity contribution in [2.45, 2.75) is 26.5 Å². The van der Waals surface area contributed by atoms with Gasteiger partial charge in [0, 0.05) is 11.1 Å². The lowest BCUT2D eigenvalue weighted by Crippen LogP contribution is -2.13. The Hall–Kier alpha value is -2.08. The Morgan fingerprint density at radius 1 is 1.40 bits per heavy atom. The maximum Gasteiger partial charge on any atom is 0.358 e. The number of aromatic nitrogens is 3. The predicted molar refractivity (Wildman–Crippen MR) is 73.2 cm³/mol. The van der Waals surface area contributed by atoms with Crippen molar-refractivity contribution in [3.8, 4) is 5.75 Å². The molecule has 0 atom stereocenters. The summed E-state index contributed by atoms with van der Waals surface area (Å²) in [5.74, 6) is -0.520. The second-order valence-electron chi connectivity index (χ2n) is 4.47. The highest BCUT2D eigenvalue weighted by molar-refractivity contribution is 6.30. The molecule has 0 fully saturated rings. The van der Waals surface area contributed by atoms with Crippen molar-refractivity contribution in [1.29, 1.82) is 0 Å². The van der Waals surface area contributed by atoms with Gasteiger partial charge in [0.25, 0.3) is 0 Å². The standard InChI is InChI=1S/C13H14ClN3O3/c1-8(2)17-11(12(13(18)19)15-16-17)7-20-10-5-3-9(14)4-6-10/h3-6,8H,7H2,1-2H3,(H,18,19). The average Bonchev–Trinajstić information content (AvgIpc) is 2.82. The summed E-state index contributed by atoms with van der Waals surface area (Å²) in [5.41, 5.74) is 0.343. The second kappa shape index (κ2) is 5.92. The predicted octanol–water partition coefficient (Wildman–Crippen LogP) is 2.79. The summed E-state index contributed by atoms with van der Waals surface area (Å²) >= 11 is 5.79. The van der Waals surface area contributed by atoms with Gasteiger partial charge in [-0.3, -0.25) is 0 Å². The van der Waals surface area contributed by atoms with Crippen LogP contribution in [0.1, 0.15) is 36.1 Å². The summed E-state index contributed by atoms with van der Waals surface area (Å²) in [6, 6.07) is 6.83. The third-order valence-corrected chi connectivity index (χ3v) is 2.92. The first-order chi connectivity index (χ1) is 9.49. The highest BCUT2D eigenvalue weighted by Crippen LogP contribution is 2.19. The van der Waals surface area contributed by atoms with Gasteiger partial charge in [0.05, 0.1) is 0 Å². The van der Waals surface area contributed by atoms with Crippen molar-refractivity contribution in [1.82, 2.24) is 15.0 Å². The summed E-state index contributed by atoms with van der Waals surface area (Å²) < 4.78 is 7.11. The number of ether oxygens (including phenoxy) is 1. The summed E-state index contributed by atoms with van der Waals surface area (Å²) in [5, 5.41) is 17.2. The minimum Gasteiger partial charge on any atom is -0.487 e. The number of nitrogens with zero attached hydrogens (tertiary/aromatic N) is 3. The van der Waals surface area contributed by atoms with Gasteiger partial charge in [-0.15, -0.1) is 5.10 Å². The highest BCUT2D eigenvalue weighted by atomic mass is 35.5. The van der Waals surface area contributed by atoms with Gasteiger partial charge >= 0.3 is 5.97 Å². The van der Waals surface area contributed by atoms with Crippen LogP contribution in [0.25, 0.3) is 0 Å². The molecule has 7 heteroatoms. The van der Waals surface area contributed by atoms with Gasteiger partial charge in [0.1, 0.15) is 18.1 Å². The second-order valence-corrected chi connectivity index (χ2v) is 4.91. The van der Waals surface area contributed by atoms with Crippen LogP contribution in [0.15, 0.2) is 24.3 Å². The number of hydrogen-bond acceptors (Lipinski definition) is 4. The molecule has 2 aromatic rings.